The summed E-state index contributed by atoms with van der Waals surface area (Å²) in [5, 5.41) is 18.6. The molecule has 4 N–H and O–H groups in total. The van der Waals surface area contributed by atoms with Crippen LogP contribution in [0.15, 0.2) is 54.4 Å². The largest absolute Gasteiger partial charge is 0.496 e. The monoisotopic (exact) mass is 393 g/mol. The summed E-state index contributed by atoms with van der Waals surface area (Å²) in [5.41, 5.74) is 3.40. The zero-order valence-electron chi connectivity index (χ0n) is 17.3. The van der Waals surface area contributed by atoms with Crippen LogP contribution in [0.1, 0.15) is 30.9 Å². The summed E-state index contributed by atoms with van der Waals surface area (Å²) in [4.78, 5) is 4.49. The van der Waals surface area contributed by atoms with Crippen molar-refractivity contribution in [3.8, 4) is 5.75 Å². The van der Waals surface area contributed by atoms with Crippen LogP contribution in [0, 0.1) is 5.41 Å². The molecule has 29 heavy (non-hydrogen) atoms. The summed E-state index contributed by atoms with van der Waals surface area (Å²) in [6, 6.07) is 12.4. The number of nitrogens with zero attached hydrogens (tertiary/aromatic N) is 1. The van der Waals surface area contributed by atoms with Crippen molar-refractivity contribution in [1.29, 1.82) is 5.41 Å². The van der Waals surface area contributed by atoms with Crippen LogP contribution < -0.4 is 20.7 Å². The van der Waals surface area contributed by atoms with Gasteiger partial charge in [0, 0.05) is 30.0 Å². The van der Waals surface area contributed by atoms with Gasteiger partial charge in [0.1, 0.15) is 11.6 Å². The summed E-state index contributed by atoms with van der Waals surface area (Å²) in [6.07, 6.45) is 6.70. The molecule has 1 aromatic heterocycles. The number of hydrogen-bond acceptors (Lipinski definition) is 6. The van der Waals surface area contributed by atoms with E-state index in [-0.39, 0.29) is 0 Å². The molecule has 0 saturated carbocycles. The Balaban J connectivity index is 1.49. The van der Waals surface area contributed by atoms with Crippen molar-refractivity contribution >= 4 is 11.5 Å². The molecule has 1 fully saturated rings. The number of anilines is 1. The number of ether oxygens (including phenoxy) is 1. The van der Waals surface area contributed by atoms with E-state index >= 15 is 0 Å². The summed E-state index contributed by atoms with van der Waals surface area (Å²) < 4.78 is 5.39. The highest BCUT2D eigenvalue weighted by molar-refractivity contribution is 6.06. The molecule has 1 aliphatic rings. The number of aromatic nitrogens is 1. The molecule has 0 radical (unpaired) electrons. The Bertz CT molecular complexity index is 825. The minimum Gasteiger partial charge on any atom is -0.496 e. The third-order valence-electron chi connectivity index (χ3n) is 5.12. The maximum atomic E-state index is 8.34. The van der Waals surface area contributed by atoms with Gasteiger partial charge in [-0.05, 0) is 69.1 Å². The normalized spacial score (nSPS) is 15.0. The molecule has 0 amide bonds. The van der Waals surface area contributed by atoms with Gasteiger partial charge >= 0.3 is 0 Å². The van der Waals surface area contributed by atoms with E-state index in [0.717, 1.165) is 61.7 Å². The van der Waals surface area contributed by atoms with Crippen LogP contribution >= 0.6 is 0 Å². The first kappa shape index (κ1) is 20.9. The molecule has 0 aliphatic carbocycles. The summed E-state index contributed by atoms with van der Waals surface area (Å²) in [6.45, 7) is 4.87. The Morgan fingerprint density at radius 2 is 2.03 bits per heavy atom. The number of hydrogen-bond donors (Lipinski definition) is 4. The number of allylic oxidation sites excluding steroid dienone is 2. The molecular weight excluding hydrogens is 362 g/mol. The second kappa shape index (κ2) is 10.6. The summed E-state index contributed by atoms with van der Waals surface area (Å²) in [7, 11) is 1.69. The molecule has 0 unspecified atom stereocenters. The van der Waals surface area contributed by atoms with Crippen molar-refractivity contribution in [2.24, 2.45) is 0 Å². The lowest BCUT2D eigenvalue weighted by Gasteiger charge is -2.24. The second-order valence-electron chi connectivity index (χ2n) is 7.33. The molecule has 0 bridgehead atoms. The molecule has 2 heterocycles. The molecule has 3 rings (SSSR count). The van der Waals surface area contributed by atoms with Gasteiger partial charge in [-0.3, -0.25) is 0 Å². The maximum absolute atomic E-state index is 8.34. The van der Waals surface area contributed by atoms with E-state index < -0.39 is 0 Å². The lowest BCUT2D eigenvalue weighted by molar-refractivity contribution is 0.409. The van der Waals surface area contributed by atoms with Crippen LogP contribution in [0.3, 0.4) is 0 Å². The molecule has 6 heteroatoms. The summed E-state index contributed by atoms with van der Waals surface area (Å²) >= 11 is 0. The SMILES string of the molecule is COc1ccccc1CCN/C(C)=C/C(=N)c1ccc(NC2CCNCC2)nc1. The lowest BCUT2D eigenvalue weighted by atomic mass is 10.1. The standard InChI is InChI=1S/C23H31N5O/c1-17(26-14-9-18-5-3-4-6-22(18)29-2)15-21(24)19-7-8-23(27-16-19)28-20-10-12-25-13-11-20/h3-8,15-16,20,24-26H,9-14H2,1-2H3,(H,27,28)/b17-15+,24-21?. The minimum atomic E-state index is 0.452. The molecule has 0 atom stereocenters. The van der Waals surface area contributed by atoms with Crippen LogP contribution in [0.4, 0.5) is 5.82 Å². The Morgan fingerprint density at radius 1 is 1.24 bits per heavy atom. The zero-order valence-corrected chi connectivity index (χ0v) is 17.3. The number of nitrogens with one attached hydrogen (secondary N) is 4. The van der Waals surface area contributed by atoms with Crippen molar-refractivity contribution in [3.63, 3.8) is 0 Å². The van der Waals surface area contributed by atoms with Crippen LogP contribution in [-0.2, 0) is 6.42 Å². The third-order valence-corrected chi connectivity index (χ3v) is 5.12. The molecule has 1 aromatic carbocycles. The first-order valence-electron chi connectivity index (χ1n) is 10.2. The van der Waals surface area contributed by atoms with Gasteiger partial charge < -0.3 is 26.1 Å². The molecule has 2 aromatic rings. The fraction of sp³-hybridized carbons (Fsp3) is 0.391. The van der Waals surface area contributed by atoms with Crippen LogP contribution in [0.25, 0.3) is 0 Å². The number of piperidine rings is 1. The number of benzene rings is 1. The molecule has 1 saturated heterocycles. The van der Waals surface area contributed by atoms with Gasteiger partial charge in [-0.2, -0.15) is 0 Å². The topological polar surface area (TPSA) is 82.1 Å². The number of methoxy groups -OCH3 is 1. The average Bonchev–Trinajstić information content (AvgIpc) is 2.75. The molecule has 0 spiro atoms. The fourth-order valence-corrected chi connectivity index (χ4v) is 3.47. The fourth-order valence-electron chi connectivity index (χ4n) is 3.47. The lowest BCUT2D eigenvalue weighted by Crippen LogP contribution is -2.35. The van der Waals surface area contributed by atoms with Crippen LogP contribution in [-0.4, -0.2) is 43.5 Å². The number of para-hydroxylation sites is 1. The zero-order chi connectivity index (χ0) is 20.5. The highest BCUT2D eigenvalue weighted by Crippen LogP contribution is 2.17. The Morgan fingerprint density at radius 3 is 2.76 bits per heavy atom. The number of pyridine rings is 1. The molecule has 1 aliphatic heterocycles. The van der Waals surface area contributed by atoms with Crippen molar-refractivity contribution in [2.75, 3.05) is 32.1 Å². The van der Waals surface area contributed by atoms with E-state index in [4.69, 9.17) is 10.1 Å². The van der Waals surface area contributed by atoms with E-state index in [1.165, 1.54) is 5.56 Å². The smallest absolute Gasteiger partial charge is 0.126 e. The van der Waals surface area contributed by atoms with Crippen molar-refractivity contribution in [1.82, 2.24) is 15.6 Å². The Labute approximate surface area is 173 Å². The van der Waals surface area contributed by atoms with Gasteiger partial charge in [-0.25, -0.2) is 4.98 Å². The predicted molar refractivity (Wildman–Crippen MR) is 119 cm³/mol. The van der Waals surface area contributed by atoms with Crippen molar-refractivity contribution in [3.05, 3.63) is 65.5 Å². The predicted octanol–water partition coefficient (Wildman–Crippen LogP) is 3.36. The second-order valence-corrected chi connectivity index (χ2v) is 7.33. The van der Waals surface area contributed by atoms with E-state index in [1.54, 1.807) is 13.3 Å². The quantitative estimate of drug-likeness (QED) is 0.491. The van der Waals surface area contributed by atoms with E-state index in [9.17, 15) is 0 Å². The molecule has 154 valence electrons. The summed E-state index contributed by atoms with van der Waals surface area (Å²) in [5.74, 6) is 1.79. The first-order valence-corrected chi connectivity index (χ1v) is 10.2. The Hall–Kier alpha value is -2.86. The van der Waals surface area contributed by atoms with Gasteiger partial charge in [-0.15, -0.1) is 0 Å². The minimum absolute atomic E-state index is 0.452. The maximum Gasteiger partial charge on any atom is 0.126 e. The van der Waals surface area contributed by atoms with E-state index in [1.807, 2.05) is 43.3 Å². The van der Waals surface area contributed by atoms with Gasteiger partial charge in [0.05, 0.1) is 12.8 Å². The van der Waals surface area contributed by atoms with Crippen molar-refractivity contribution < 1.29 is 4.74 Å². The van der Waals surface area contributed by atoms with Gasteiger partial charge in [0.25, 0.3) is 0 Å². The number of rotatable bonds is 9. The van der Waals surface area contributed by atoms with Crippen LogP contribution in [0.5, 0.6) is 5.75 Å². The Kier molecular flexibility index (Phi) is 7.64. The van der Waals surface area contributed by atoms with Gasteiger partial charge in [-0.1, -0.05) is 18.2 Å². The first-order chi connectivity index (χ1) is 14.2. The average molecular weight is 394 g/mol. The highest BCUT2D eigenvalue weighted by Gasteiger charge is 2.13. The van der Waals surface area contributed by atoms with Crippen molar-refractivity contribution in [2.45, 2.75) is 32.2 Å². The molecular formula is C23H31N5O. The van der Waals surface area contributed by atoms with Gasteiger partial charge in [0.15, 0.2) is 0 Å². The van der Waals surface area contributed by atoms with Crippen LogP contribution in [0.2, 0.25) is 0 Å². The highest BCUT2D eigenvalue weighted by atomic mass is 16.5. The van der Waals surface area contributed by atoms with E-state index in [2.05, 4.69) is 27.0 Å². The molecule has 6 nitrogen and oxygen atoms in total. The van der Waals surface area contributed by atoms with E-state index in [0.29, 0.717) is 11.8 Å². The van der Waals surface area contributed by atoms with Gasteiger partial charge in [0.2, 0.25) is 0 Å². The third kappa shape index (κ3) is 6.32.